The minimum Gasteiger partial charge on any atom is -0.482 e. The van der Waals surface area contributed by atoms with Crippen LogP contribution in [0.2, 0.25) is 0 Å². The third-order valence-corrected chi connectivity index (χ3v) is 2.79. The summed E-state index contributed by atoms with van der Waals surface area (Å²) in [4.78, 5) is 22.7. The molecule has 1 atom stereocenters. The minimum absolute atomic E-state index is 0.0623. The Morgan fingerprint density at radius 3 is 2.63 bits per heavy atom. The summed E-state index contributed by atoms with van der Waals surface area (Å²) in [6.07, 6.45) is 0.862. The van der Waals surface area contributed by atoms with E-state index in [0.29, 0.717) is 17.0 Å². The van der Waals surface area contributed by atoms with Gasteiger partial charge in [0, 0.05) is 11.6 Å². The van der Waals surface area contributed by atoms with E-state index >= 15 is 0 Å². The highest BCUT2D eigenvalue weighted by Gasteiger charge is 2.09. The number of anilines is 1. The second kappa shape index (κ2) is 6.78. The fourth-order valence-electron chi connectivity index (χ4n) is 1.46. The van der Waals surface area contributed by atoms with Crippen LogP contribution in [-0.4, -0.2) is 24.3 Å². The maximum Gasteiger partial charge on any atom is 0.258 e. The molecule has 0 aliphatic rings. The van der Waals surface area contributed by atoms with Gasteiger partial charge in [-0.25, -0.2) is 0 Å². The standard InChI is InChI=1S/C14H20N2O3/c1-4-9(2)16-14(18)8-19-13-6-5-11(10(3)17)7-12(13)15/h5-7,9H,4,8,15H2,1-3H3,(H,16,18). The lowest BCUT2D eigenvalue weighted by atomic mass is 10.1. The van der Waals surface area contributed by atoms with Crippen LogP contribution in [0.5, 0.6) is 5.75 Å². The molecule has 0 heterocycles. The molecule has 19 heavy (non-hydrogen) atoms. The van der Waals surface area contributed by atoms with Gasteiger partial charge >= 0.3 is 0 Å². The van der Waals surface area contributed by atoms with E-state index in [1.807, 2.05) is 13.8 Å². The van der Waals surface area contributed by atoms with E-state index in [9.17, 15) is 9.59 Å². The zero-order valence-electron chi connectivity index (χ0n) is 11.5. The molecule has 0 aromatic heterocycles. The van der Waals surface area contributed by atoms with Crippen LogP contribution in [0.3, 0.4) is 0 Å². The lowest BCUT2D eigenvalue weighted by molar-refractivity contribution is -0.123. The van der Waals surface area contributed by atoms with Gasteiger partial charge in [0.05, 0.1) is 5.69 Å². The number of hydrogen-bond acceptors (Lipinski definition) is 4. The summed E-state index contributed by atoms with van der Waals surface area (Å²) in [6, 6.07) is 4.89. The zero-order chi connectivity index (χ0) is 14.4. The monoisotopic (exact) mass is 264 g/mol. The lowest BCUT2D eigenvalue weighted by Crippen LogP contribution is -2.35. The summed E-state index contributed by atoms with van der Waals surface area (Å²) in [5, 5.41) is 2.79. The number of carbonyl (C=O) groups is 2. The highest BCUT2D eigenvalue weighted by atomic mass is 16.5. The van der Waals surface area contributed by atoms with E-state index in [1.165, 1.54) is 6.92 Å². The van der Waals surface area contributed by atoms with Crippen molar-refractivity contribution >= 4 is 17.4 Å². The number of nitrogens with two attached hydrogens (primary N) is 1. The number of hydrogen-bond donors (Lipinski definition) is 2. The summed E-state index contributed by atoms with van der Waals surface area (Å²) in [6.45, 7) is 5.29. The highest BCUT2D eigenvalue weighted by Crippen LogP contribution is 2.22. The average molecular weight is 264 g/mol. The number of carbonyl (C=O) groups excluding carboxylic acids is 2. The van der Waals surface area contributed by atoms with E-state index in [4.69, 9.17) is 10.5 Å². The van der Waals surface area contributed by atoms with Crippen molar-refractivity contribution in [2.24, 2.45) is 0 Å². The Labute approximate surface area is 113 Å². The Morgan fingerprint density at radius 2 is 2.11 bits per heavy atom. The molecule has 0 fully saturated rings. The molecule has 1 unspecified atom stereocenters. The summed E-state index contributed by atoms with van der Waals surface area (Å²) in [5.41, 5.74) is 6.64. The maximum atomic E-state index is 11.5. The van der Waals surface area contributed by atoms with Gasteiger partial charge in [0.25, 0.3) is 5.91 Å². The largest absolute Gasteiger partial charge is 0.482 e. The molecule has 1 rings (SSSR count). The lowest BCUT2D eigenvalue weighted by Gasteiger charge is -2.13. The molecular weight excluding hydrogens is 244 g/mol. The van der Waals surface area contributed by atoms with Crippen LogP contribution in [0, 0.1) is 0 Å². The number of Topliss-reactive ketones (excluding diaryl/α,β-unsaturated/α-hetero) is 1. The molecule has 0 radical (unpaired) electrons. The number of ketones is 1. The third-order valence-electron chi connectivity index (χ3n) is 2.79. The maximum absolute atomic E-state index is 11.5. The van der Waals surface area contributed by atoms with Gasteiger partial charge in [0.2, 0.25) is 0 Å². The molecule has 5 nitrogen and oxygen atoms in total. The van der Waals surface area contributed by atoms with Gasteiger partial charge in [-0.3, -0.25) is 9.59 Å². The quantitative estimate of drug-likeness (QED) is 0.606. The predicted octanol–water partition coefficient (Wildman–Crippen LogP) is 1.76. The van der Waals surface area contributed by atoms with E-state index in [1.54, 1.807) is 18.2 Å². The van der Waals surface area contributed by atoms with Gasteiger partial charge in [-0.2, -0.15) is 0 Å². The molecule has 0 saturated heterocycles. The first-order valence-corrected chi connectivity index (χ1v) is 6.26. The molecular formula is C14H20N2O3. The Hall–Kier alpha value is -2.04. The van der Waals surface area contributed by atoms with E-state index in [-0.39, 0.29) is 24.3 Å². The van der Waals surface area contributed by atoms with Crippen LogP contribution in [0.25, 0.3) is 0 Å². The van der Waals surface area contributed by atoms with Gasteiger partial charge < -0.3 is 15.8 Å². The van der Waals surface area contributed by atoms with Crippen molar-refractivity contribution in [1.29, 1.82) is 0 Å². The molecule has 0 bridgehead atoms. The number of nitrogen functional groups attached to an aromatic ring is 1. The Balaban J connectivity index is 2.59. The summed E-state index contributed by atoms with van der Waals surface area (Å²) >= 11 is 0. The van der Waals surface area contributed by atoms with Crippen LogP contribution >= 0.6 is 0 Å². The second-order valence-corrected chi connectivity index (χ2v) is 4.47. The van der Waals surface area contributed by atoms with Crippen LogP contribution in [0.1, 0.15) is 37.6 Å². The van der Waals surface area contributed by atoms with Crippen molar-refractivity contribution in [3.05, 3.63) is 23.8 Å². The van der Waals surface area contributed by atoms with Gasteiger partial charge in [-0.15, -0.1) is 0 Å². The topological polar surface area (TPSA) is 81.4 Å². The van der Waals surface area contributed by atoms with Crippen molar-refractivity contribution < 1.29 is 14.3 Å². The van der Waals surface area contributed by atoms with E-state index < -0.39 is 0 Å². The Kier molecular flexibility index (Phi) is 5.36. The number of nitrogens with one attached hydrogen (secondary N) is 1. The van der Waals surface area contributed by atoms with Crippen molar-refractivity contribution in [2.75, 3.05) is 12.3 Å². The Bertz CT molecular complexity index is 472. The summed E-state index contributed by atoms with van der Waals surface area (Å²) in [7, 11) is 0. The summed E-state index contributed by atoms with van der Waals surface area (Å²) in [5.74, 6) is 0.154. The van der Waals surface area contributed by atoms with Crippen LogP contribution in [-0.2, 0) is 4.79 Å². The number of benzene rings is 1. The first kappa shape index (κ1) is 15.0. The number of amides is 1. The molecule has 0 aliphatic carbocycles. The SMILES string of the molecule is CCC(C)NC(=O)COc1ccc(C(C)=O)cc1N. The van der Waals surface area contributed by atoms with Crippen molar-refractivity contribution in [3.8, 4) is 5.75 Å². The van der Waals surface area contributed by atoms with E-state index in [2.05, 4.69) is 5.32 Å². The normalized spacial score (nSPS) is 11.7. The van der Waals surface area contributed by atoms with Crippen LogP contribution < -0.4 is 15.8 Å². The van der Waals surface area contributed by atoms with Crippen molar-refractivity contribution in [1.82, 2.24) is 5.32 Å². The molecule has 0 aliphatic heterocycles. The van der Waals surface area contributed by atoms with Crippen LogP contribution in [0.4, 0.5) is 5.69 Å². The smallest absolute Gasteiger partial charge is 0.258 e. The van der Waals surface area contributed by atoms with E-state index in [0.717, 1.165) is 6.42 Å². The molecule has 104 valence electrons. The third kappa shape index (κ3) is 4.62. The van der Waals surface area contributed by atoms with Gasteiger partial charge in [-0.1, -0.05) is 6.92 Å². The minimum atomic E-state index is -0.190. The van der Waals surface area contributed by atoms with Gasteiger partial charge in [0.1, 0.15) is 5.75 Å². The second-order valence-electron chi connectivity index (χ2n) is 4.47. The molecule has 1 aromatic carbocycles. The molecule has 5 heteroatoms. The summed E-state index contributed by atoms with van der Waals surface area (Å²) < 4.78 is 5.33. The predicted molar refractivity (Wildman–Crippen MR) is 74.2 cm³/mol. The molecule has 1 aromatic rings. The first-order chi connectivity index (χ1) is 8.93. The van der Waals surface area contributed by atoms with Crippen molar-refractivity contribution in [2.45, 2.75) is 33.2 Å². The Morgan fingerprint density at radius 1 is 1.42 bits per heavy atom. The fraction of sp³-hybridized carbons (Fsp3) is 0.429. The average Bonchev–Trinajstić information content (AvgIpc) is 2.36. The fourth-order valence-corrected chi connectivity index (χ4v) is 1.46. The molecule has 3 N–H and O–H groups in total. The van der Waals surface area contributed by atoms with Gasteiger partial charge in [-0.05, 0) is 38.5 Å². The number of ether oxygens (including phenoxy) is 1. The first-order valence-electron chi connectivity index (χ1n) is 6.26. The highest BCUT2D eigenvalue weighted by molar-refractivity contribution is 5.95. The number of rotatable bonds is 6. The molecule has 0 saturated carbocycles. The van der Waals surface area contributed by atoms with Crippen molar-refractivity contribution in [3.63, 3.8) is 0 Å². The van der Waals surface area contributed by atoms with Gasteiger partial charge in [0.15, 0.2) is 12.4 Å². The zero-order valence-corrected chi connectivity index (χ0v) is 11.5. The molecule has 1 amide bonds. The molecule has 0 spiro atoms. The van der Waals surface area contributed by atoms with Crippen LogP contribution in [0.15, 0.2) is 18.2 Å².